The number of carboxylic acids is 1. The second kappa shape index (κ2) is 7.91. The fraction of sp³-hybridized carbons (Fsp3) is 0.385. The van der Waals surface area contributed by atoms with Gasteiger partial charge in [0, 0.05) is 0 Å². The first-order chi connectivity index (χ1) is 9.00. The third kappa shape index (κ3) is 5.85. The number of carboxylic acid groups (broad SMARTS) is 1. The Labute approximate surface area is 119 Å². The number of halogens is 1. The van der Waals surface area contributed by atoms with Gasteiger partial charge in [-0.25, -0.2) is 4.79 Å². The minimum absolute atomic E-state index is 0.185. The first-order valence-corrected chi connectivity index (χ1v) is 6.61. The third-order valence-corrected chi connectivity index (χ3v) is 2.61. The number of carbonyl (C=O) groups excluding carboxylic acids is 1. The van der Waals surface area contributed by atoms with Crippen LogP contribution >= 0.6 is 15.9 Å². The molecule has 0 aliphatic heterocycles. The Morgan fingerprint density at radius 1 is 1.32 bits per heavy atom. The Kier molecular flexibility index (Phi) is 6.52. The van der Waals surface area contributed by atoms with E-state index in [4.69, 9.17) is 14.6 Å². The summed E-state index contributed by atoms with van der Waals surface area (Å²) in [6.07, 6.45) is -1.30. The Hall–Kier alpha value is -1.40. The van der Waals surface area contributed by atoms with Crippen LogP contribution in [-0.2, 0) is 25.7 Å². The van der Waals surface area contributed by atoms with Gasteiger partial charge in [-0.2, -0.15) is 0 Å². The molecule has 1 aromatic carbocycles. The zero-order valence-corrected chi connectivity index (χ0v) is 12.0. The Morgan fingerprint density at radius 3 is 2.47 bits per heavy atom. The molecule has 0 saturated carbocycles. The maximum atomic E-state index is 11.3. The number of esters is 1. The molecule has 0 radical (unpaired) electrons. The summed E-state index contributed by atoms with van der Waals surface area (Å²) in [6.45, 7) is 1.65. The lowest BCUT2D eigenvalue weighted by Gasteiger charge is -2.15. The smallest absolute Gasteiger partial charge is 0.347 e. The lowest BCUT2D eigenvalue weighted by atomic mass is 10.2. The van der Waals surface area contributed by atoms with Crippen molar-refractivity contribution < 1.29 is 24.2 Å². The number of hydrogen-bond donors (Lipinski definition) is 1. The fourth-order valence-electron chi connectivity index (χ4n) is 1.25. The van der Waals surface area contributed by atoms with Gasteiger partial charge in [0.25, 0.3) is 0 Å². The summed E-state index contributed by atoms with van der Waals surface area (Å²) in [5.74, 6) is -1.86. The lowest BCUT2D eigenvalue weighted by Crippen LogP contribution is -2.33. The van der Waals surface area contributed by atoms with Gasteiger partial charge in [-0.05, 0) is 12.5 Å². The molecular weight excluding hydrogens is 316 g/mol. The summed E-state index contributed by atoms with van der Waals surface area (Å²) in [5, 5.41) is 8.93. The second-order valence-corrected chi connectivity index (χ2v) is 5.25. The van der Waals surface area contributed by atoms with Crippen molar-refractivity contribution in [3.8, 4) is 0 Å². The van der Waals surface area contributed by atoms with Gasteiger partial charge in [-0.3, -0.25) is 4.79 Å². The van der Waals surface area contributed by atoms with E-state index in [0.29, 0.717) is 0 Å². The quantitative estimate of drug-likeness (QED) is 0.611. The van der Waals surface area contributed by atoms with Crippen LogP contribution in [0.3, 0.4) is 0 Å². The topological polar surface area (TPSA) is 72.8 Å². The van der Waals surface area contributed by atoms with Crippen LogP contribution < -0.4 is 0 Å². The van der Waals surface area contributed by atoms with Crippen LogP contribution in [0.2, 0.25) is 0 Å². The van der Waals surface area contributed by atoms with Crippen molar-refractivity contribution in [1.82, 2.24) is 0 Å². The largest absolute Gasteiger partial charge is 0.478 e. The van der Waals surface area contributed by atoms with E-state index in [1.165, 1.54) is 0 Å². The van der Waals surface area contributed by atoms with Gasteiger partial charge < -0.3 is 14.6 Å². The van der Waals surface area contributed by atoms with Gasteiger partial charge in [0.15, 0.2) is 0 Å². The number of aliphatic carboxylic acids is 1. The normalized spacial score (nSPS) is 13.6. The third-order valence-electron chi connectivity index (χ3n) is 2.24. The first kappa shape index (κ1) is 15.7. The molecule has 5 nitrogen and oxygen atoms in total. The highest BCUT2D eigenvalue weighted by molar-refractivity contribution is 9.10. The van der Waals surface area contributed by atoms with E-state index in [9.17, 15) is 9.59 Å². The number of alkyl halides is 1. The van der Waals surface area contributed by atoms with Gasteiger partial charge in [0.2, 0.25) is 6.10 Å². The van der Waals surface area contributed by atoms with Crippen LogP contribution in [0.1, 0.15) is 12.5 Å². The molecule has 0 saturated heterocycles. The van der Waals surface area contributed by atoms with Crippen molar-refractivity contribution in [3.63, 3.8) is 0 Å². The molecule has 0 heterocycles. The molecule has 6 heteroatoms. The molecule has 0 aromatic heterocycles. The van der Waals surface area contributed by atoms with E-state index in [-0.39, 0.29) is 13.2 Å². The van der Waals surface area contributed by atoms with Crippen molar-refractivity contribution in [2.45, 2.75) is 24.5 Å². The molecule has 0 spiro atoms. The molecule has 1 N–H and O–H groups in total. The molecule has 1 aromatic rings. The summed E-state index contributed by atoms with van der Waals surface area (Å²) < 4.78 is 10.1. The number of ether oxygens (including phenoxy) is 2. The van der Waals surface area contributed by atoms with E-state index in [0.717, 1.165) is 5.56 Å². The molecule has 2 atom stereocenters. The fourth-order valence-corrected chi connectivity index (χ4v) is 1.36. The lowest BCUT2D eigenvalue weighted by molar-refractivity contribution is -0.167. The molecule has 0 amide bonds. The standard InChI is InChI=1S/C13H15BrO5/c1-9(14)13(17)19-11(12(15)16)8-18-7-10-5-3-2-4-6-10/h2-6,9,11H,7-8H2,1H3,(H,15,16). The predicted molar refractivity (Wildman–Crippen MR) is 72.0 cm³/mol. The maximum Gasteiger partial charge on any atom is 0.347 e. The molecule has 2 unspecified atom stereocenters. The molecule has 0 aliphatic rings. The summed E-state index contributed by atoms with van der Waals surface area (Å²) in [4.78, 5) is 21.7. The molecule has 1 rings (SSSR count). The van der Waals surface area contributed by atoms with Gasteiger partial charge in [0.05, 0.1) is 13.2 Å². The van der Waals surface area contributed by atoms with Crippen LogP contribution in [0.15, 0.2) is 30.3 Å². The highest BCUT2D eigenvalue weighted by Crippen LogP contribution is 2.06. The molecule has 0 bridgehead atoms. The minimum Gasteiger partial charge on any atom is -0.478 e. The van der Waals surface area contributed by atoms with Crippen LogP contribution in [-0.4, -0.2) is 34.6 Å². The molecule has 0 fully saturated rings. The predicted octanol–water partition coefficient (Wildman–Crippen LogP) is 1.98. The summed E-state index contributed by atoms with van der Waals surface area (Å²) in [7, 11) is 0. The number of carbonyl (C=O) groups is 2. The van der Waals surface area contributed by atoms with E-state index >= 15 is 0 Å². The SMILES string of the molecule is CC(Br)C(=O)OC(COCc1ccccc1)C(=O)O. The monoisotopic (exact) mass is 330 g/mol. The van der Waals surface area contributed by atoms with Crippen LogP contribution in [0.25, 0.3) is 0 Å². The van der Waals surface area contributed by atoms with Crippen molar-refractivity contribution in [2.24, 2.45) is 0 Å². The van der Waals surface area contributed by atoms with E-state index in [1.54, 1.807) is 6.92 Å². The number of rotatable bonds is 7. The summed E-state index contributed by atoms with van der Waals surface area (Å²) >= 11 is 3.01. The van der Waals surface area contributed by atoms with Gasteiger partial charge >= 0.3 is 11.9 Å². The van der Waals surface area contributed by atoms with E-state index < -0.39 is 22.9 Å². The highest BCUT2D eigenvalue weighted by Gasteiger charge is 2.24. The van der Waals surface area contributed by atoms with Gasteiger partial charge in [-0.15, -0.1) is 0 Å². The van der Waals surface area contributed by atoms with Crippen LogP contribution in [0, 0.1) is 0 Å². The molecule has 0 aliphatic carbocycles. The Balaban J connectivity index is 2.42. The average Bonchev–Trinajstić information content (AvgIpc) is 2.38. The molecule has 104 valence electrons. The maximum absolute atomic E-state index is 11.3. The van der Waals surface area contributed by atoms with Crippen LogP contribution in [0.5, 0.6) is 0 Å². The van der Waals surface area contributed by atoms with Gasteiger partial charge in [0.1, 0.15) is 4.83 Å². The summed E-state index contributed by atoms with van der Waals surface area (Å²) in [5.41, 5.74) is 0.923. The second-order valence-electron chi connectivity index (χ2n) is 3.88. The van der Waals surface area contributed by atoms with Crippen LogP contribution in [0.4, 0.5) is 0 Å². The van der Waals surface area contributed by atoms with Crippen molar-refractivity contribution >= 4 is 27.9 Å². The minimum atomic E-state index is -1.30. The number of hydrogen-bond acceptors (Lipinski definition) is 4. The van der Waals surface area contributed by atoms with Crippen molar-refractivity contribution in [3.05, 3.63) is 35.9 Å². The molecule has 19 heavy (non-hydrogen) atoms. The zero-order valence-electron chi connectivity index (χ0n) is 10.4. The highest BCUT2D eigenvalue weighted by atomic mass is 79.9. The Morgan fingerprint density at radius 2 is 1.95 bits per heavy atom. The average molecular weight is 331 g/mol. The van der Waals surface area contributed by atoms with Crippen molar-refractivity contribution in [2.75, 3.05) is 6.61 Å². The first-order valence-electron chi connectivity index (χ1n) is 5.69. The van der Waals surface area contributed by atoms with Crippen molar-refractivity contribution in [1.29, 1.82) is 0 Å². The summed E-state index contributed by atoms with van der Waals surface area (Å²) in [6, 6.07) is 9.33. The zero-order chi connectivity index (χ0) is 14.3. The van der Waals surface area contributed by atoms with E-state index in [2.05, 4.69) is 15.9 Å². The Bertz CT molecular complexity index is 418. The number of benzene rings is 1. The molecular formula is C13H15BrO5. The van der Waals surface area contributed by atoms with Gasteiger partial charge in [-0.1, -0.05) is 46.3 Å². The van der Waals surface area contributed by atoms with E-state index in [1.807, 2.05) is 30.3 Å².